The fourth-order valence-electron chi connectivity index (χ4n) is 12.1. The summed E-state index contributed by atoms with van der Waals surface area (Å²) in [5.41, 5.74) is 28.1. The normalized spacial score (nSPS) is 12.7. The second-order valence-electron chi connectivity index (χ2n) is 21.1. The van der Waals surface area contributed by atoms with Crippen molar-refractivity contribution in [3.63, 3.8) is 0 Å². The predicted molar refractivity (Wildman–Crippen MR) is 311 cm³/mol. The van der Waals surface area contributed by atoms with Gasteiger partial charge in [-0.3, -0.25) is 9.13 Å². The number of nitrogens with zero attached hydrogens (tertiary/aromatic N) is 6. The molecule has 6 heteroatoms. The first-order valence-corrected chi connectivity index (χ1v) is 26.7. The summed E-state index contributed by atoms with van der Waals surface area (Å²) in [4.78, 5) is 14.5. The quantitative estimate of drug-likeness (QED) is 0.109. The largest absolute Gasteiger partial charge is 0.327 e. The first kappa shape index (κ1) is 47.5. The van der Waals surface area contributed by atoms with Crippen LogP contribution in [0.4, 0.5) is 11.4 Å². The Balaban J connectivity index is 0.791. The van der Waals surface area contributed by atoms with Crippen LogP contribution in [0, 0.1) is 41.5 Å². The van der Waals surface area contributed by atoms with Crippen molar-refractivity contribution in [1.82, 2.24) is 19.1 Å². The molecule has 0 atom stereocenters. The number of anilines is 2. The smallest absolute Gasteiger partial charge is 0.144 e. The van der Waals surface area contributed by atoms with E-state index in [4.69, 9.17) is 9.97 Å². The Morgan fingerprint density at radius 2 is 0.840 bits per heavy atom. The molecule has 0 bridgehead atoms. The summed E-state index contributed by atoms with van der Waals surface area (Å²) in [7, 11) is 0. The van der Waals surface area contributed by atoms with E-state index in [1.165, 1.54) is 112 Å². The zero-order valence-electron chi connectivity index (χ0n) is 44.1. The molecule has 0 N–H and O–H groups in total. The highest BCUT2D eigenvalue weighted by Gasteiger charge is 2.32. The molecule has 4 heterocycles. The Morgan fingerprint density at radius 3 is 1.35 bits per heavy atom. The third kappa shape index (κ3) is 9.53. The number of benzene rings is 8. The fourth-order valence-corrected chi connectivity index (χ4v) is 12.1. The molecule has 8 aromatic carbocycles. The number of rotatable bonds is 14. The molecule has 75 heavy (non-hydrogen) atoms. The predicted octanol–water partition coefficient (Wildman–Crippen LogP) is 15.9. The van der Waals surface area contributed by atoms with Crippen LogP contribution < -0.4 is 9.80 Å². The van der Waals surface area contributed by atoms with E-state index < -0.39 is 0 Å². The Morgan fingerprint density at radius 1 is 0.400 bits per heavy atom. The topological polar surface area (TPSA) is 42.1 Å². The fraction of sp³-hybridized carbons (Fsp3) is 0.188. The molecule has 0 saturated carbocycles. The molecule has 2 aliphatic heterocycles. The first-order chi connectivity index (χ1) is 36.6. The summed E-state index contributed by atoms with van der Waals surface area (Å²) in [6, 6.07) is 61.4. The number of hydrogen-bond donors (Lipinski definition) is 0. The van der Waals surface area contributed by atoms with Crippen LogP contribution >= 0.6 is 0 Å². The lowest BCUT2D eigenvalue weighted by molar-refractivity contribution is 0.902. The van der Waals surface area contributed by atoms with Gasteiger partial charge >= 0.3 is 0 Å². The van der Waals surface area contributed by atoms with Crippen LogP contribution in [0.15, 0.2) is 195 Å². The summed E-state index contributed by atoms with van der Waals surface area (Å²) < 4.78 is 4.49. The highest BCUT2D eigenvalue weighted by atomic mass is 15.4. The van der Waals surface area contributed by atoms with Crippen LogP contribution in [-0.4, -0.2) is 25.8 Å². The molecule has 2 aromatic heterocycles. The van der Waals surface area contributed by atoms with Gasteiger partial charge in [-0.15, -0.1) is 0 Å². The molecule has 370 valence electrons. The molecule has 0 amide bonds. The van der Waals surface area contributed by atoms with E-state index in [2.05, 4.69) is 243 Å². The van der Waals surface area contributed by atoms with Crippen molar-refractivity contribution in [1.29, 1.82) is 0 Å². The highest BCUT2D eigenvalue weighted by Crippen LogP contribution is 2.47. The van der Waals surface area contributed by atoms with Crippen LogP contribution in [0.2, 0.25) is 0 Å². The molecule has 0 radical (unpaired) electrons. The maximum atomic E-state index is 4.84. The average molecular weight is 977 g/mol. The van der Waals surface area contributed by atoms with Gasteiger partial charge < -0.3 is 9.80 Å². The van der Waals surface area contributed by atoms with Gasteiger partial charge in [0, 0.05) is 58.9 Å². The van der Waals surface area contributed by atoms with E-state index in [1.54, 1.807) is 0 Å². The van der Waals surface area contributed by atoms with Gasteiger partial charge in [-0.05, 0) is 166 Å². The maximum absolute atomic E-state index is 4.84. The summed E-state index contributed by atoms with van der Waals surface area (Å²) >= 11 is 0. The van der Waals surface area contributed by atoms with E-state index in [0.29, 0.717) is 0 Å². The molecule has 0 unspecified atom stereocenters. The van der Waals surface area contributed by atoms with E-state index in [-0.39, 0.29) is 0 Å². The molecular formula is C69H64N6. The van der Waals surface area contributed by atoms with Gasteiger partial charge in [0.25, 0.3) is 0 Å². The Hall–Kier alpha value is -8.48. The first-order valence-electron chi connectivity index (χ1n) is 26.7. The van der Waals surface area contributed by atoms with Gasteiger partial charge in [0.2, 0.25) is 0 Å². The lowest BCUT2D eigenvalue weighted by Crippen LogP contribution is -2.28. The number of para-hydroxylation sites is 1. The number of aryl methyl sites for hydroxylation is 12. The molecule has 0 spiro atoms. The van der Waals surface area contributed by atoms with E-state index in [1.807, 2.05) is 12.4 Å². The van der Waals surface area contributed by atoms with Crippen LogP contribution in [0.3, 0.4) is 0 Å². The highest BCUT2D eigenvalue weighted by molar-refractivity contribution is 6.01. The lowest BCUT2D eigenvalue weighted by atomic mass is 9.89. The number of imidazole rings is 2. The maximum Gasteiger partial charge on any atom is 0.144 e. The van der Waals surface area contributed by atoms with Crippen LogP contribution in [0.1, 0.15) is 72.3 Å². The van der Waals surface area contributed by atoms with Crippen molar-refractivity contribution < 1.29 is 0 Å². The van der Waals surface area contributed by atoms with Gasteiger partial charge in [-0.2, -0.15) is 0 Å². The van der Waals surface area contributed by atoms with E-state index in [0.717, 1.165) is 68.0 Å². The van der Waals surface area contributed by atoms with Crippen molar-refractivity contribution in [2.75, 3.05) is 16.5 Å². The Labute approximate surface area is 443 Å². The number of aromatic nitrogens is 4. The zero-order chi connectivity index (χ0) is 51.2. The lowest BCUT2D eigenvalue weighted by Gasteiger charge is -2.32. The minimum atomic E-state index is 0.793. The van der Waals surface area contributed by atoms with Gasteiger partial charge in [0.15, 0.2) is 0 Å². The van der Waals surface area contributed by atoms with Crippen molar-refractivity contribution in [3.05, 3.63) is 267 Å². The SMILES string of the molecule is Cc1cc(C)c(-n2ccnc2-c2ccc(CCc3cc(CCc4ccc(-c5nccn5-c5c(C)cc(C)cc5C)cc4)cc(CCc4ccc5c(c4)-c4ccccc4C4=CN(c6ccccc6)CN45)c3)cc2)c(C)c1. The minimum absolute atomic E-state index is 0.793. The zero-order valence-corrected chi connectivity index (χ0v) is 44.1. The molecule has 0 aliphatic carbocycles. The summed E-state index contributed by atoms with van der Waals surface area (Å²) in [6.07, 6.45) is 16.1. The van der Waals surface area contributed by atoms with Gasteiger partial charge in [0.1, 0.15) is 11.6 Å². The molecule has 0 fully saturated rings. The summed E-state index contributed by atoms with van der Waals surface area (Å²) in [5.74, 6) is 1.94. The van der Waals surface area contributed by atoms with Gasteiger partial charge in [0.05, 0.1) is 29.4 Å². The van der Waals surface area contributed by atoms with E-state index in [9.17, 15) is 0 Å². The number of fused-ring (bicyclic) bond motifs is 6. The van der Waals surface area contributed by atoms with Gasteiger partial charge in [-0.1, -0.05) is 151 Å². The molecular weight excluding hydrogens is 913 g/mol. The minimum Gasteiger partial charge on any atom is -0.327 e. The van der Waals surface area contributed by atoms with E-state index >= 15 is 0 Å². The Bertz CT molecular complexity index is 3550. The Kier molecular flexibility index (Phi) is 12.7. The third-order valence-electron chi connectivity index (χ3n) is 15.5. The van der Waals surface area contributed by atoms with Crippen LogP contribution in [-0.2, 0) is 38.5 Å². The molecule has 12 rings (SSSR count). The van der Waals surface area contributed by atoms with Gasteiger partial charge in [-0.25, -0.2) is 9.97 Å². The molecule has 2 aliphatic rings. The monoisotopic (exact) mass is 977 g/mol. The van der Waals surface area contributed by atoms with Crippen LogP contribution in [0.5, 0.6) is 0 Å². The van der Waals surface area contributed by atoms with Crippen molar-refractivity contribution in [2.45, 2.75) is 80.1 Å². The second-order valence-corrected chi connectivity index (χ2v) is 21.1. The second kappa shape index (κ2) is 20.1. The number of hydrogen-bond acceptors (Lipinski definition) is 4. The standard InChI is InChI=1S/C69H64N6/c1-46-36-48(3)66(49(4)37-46)73-34-32-70-68(73)58-27-22-52(23-28-58)16-19-55-40-56(20-17-53-24-29-59(30-25-53)69-71-33-35-74(69)67-50(5)38-47(2)39-51(67)6)42-57(41-55)21-18-54-26-31-64-63(43-54)61-14-10-11-15-62(61)65-44-72(45-75(64)65)60-12-8-7-9-13-60/h7-15,22-44H,16-21,45H2,1-6H3. The van der Waals surface area contributed by atoms with Crippen LogP contribution in [0.25, 0.3) is 51.0 Å². The molecule has 0 saturated heterocycles. The third-order valence-corrected chi connectivity index (χ3v) is 15.5. The molecule has 6 nitrogen and oxygen atoms in total. The van der Waals surface area contributed by atoms with Crippen molar-refractivity contribution in [2.24, 2.45) is 0 Å². The molecule has 10 aromatic rings. The van der Waals surface area contributed by atoms with Crippen molar-refractivity contribution in [3.8, 4) is 45.3 Å². The summed E-state index contributed by atoms with van der Waals surface area (Å²) in [5, 5.41) is 0. The van der Waals surface area contributed by atoms with Crippen molar-refractivity contribution >= 4 is 17.1 Å². The summed E-state index contributed by atoms with van der Waals surface area (Å²) in [6.45, 7) is 13.9. The average Bonchev–Trinajstić information content (AvgIpc) is 4.21.